The Morgan fingerprint density at radius 1 is 1.55 bits per heavy atom. The molecule has 3 rings (SSSR count). The minimum absolute atomic E-state index is 0.0212. The second-order valence-corrected chi connectivity index (χ2v) is 5.43. The van der Waals surface area contributed by atoms with E-state index in [2.05, 4.69) is 20.9 Å². The van der Waals surface area contributed by atoms with Crippen LogP contribution in [0.4, 0.5) is 0 Å². The molecular formula is C14H13BrN2O3. The highest BCUT2D eigenvalue weighted by Gasteiger charge is 2.26. The van der Waals surface area contributed by atoms with Crippen molar-refractivity contribution in [3.8, 4) is 5.75 Å². The summed E-state index contributed by atoms with van der Waals surface area (Å²) in [6.45, 7) is 0.609. The molecule has 1 aromatic carbocycles. The average Bonchev–Trinajstić information content (AvgIpc) is 2.95. The molecule has 0 radical (unpaired) electrons. The first-order valence-corrected chi connectivity index (χ1v) is 7.02. The molecule has 0 saturated heterocycles. The Morgan fingerprint density at radius 3 is 3.20 bits per heavy atom. The van der Waals surface area contributed by atoms with Gasteiger partial charge in [0, 0.05) is 16.5 Å². The highest BCUT2D eigenvalue weighted by Crippen LogP contribution is 2.37. The van der Waals surface area contributed by atoms with Crippen LogP contribution in [0.1, 0.15) is 28.5 Å². The van der Waals surface area contributed by atoms with Crippen molar-refractivity contribution < 1.29 is 14.3 Å². The molecule has 0 fully saturated rings. The van der Waals surface area contributed by atoms with E-state index in [4.69, 9.17) is 9.47 Å². The summed E-state index contributed by atoms with van der Waals surface area (Å²) >= 11 is 3.47. The smallest absolute Gasteiger partial charge is 0.356 e. The van der Waals surface area contributed by atoms with Crippen molar-refractivity contribution in [2.75, 3.05) is 13.7 Å². The number of fused-ring (bicyclic) bond motifs is 1. The van der Waals surface area contributed by atoms with E-state index in [1.54, 1.807) is 6.33 Å². The summed E-state index contributed by atoms with van der Waals surface area (Å²) < 4.78 is 13.3. The number of hydrogen-bond acceptors (Lipinski definition) is 4. The Morgan fingerprint density at radius 2 is 2.40 bits per heavy atom. The zero-order valence-electron chi connectivity index (χ0n) is 10.9. The van der Waals surface area contributed by atoms with Crippen LogP contribution in [0.3, 0.4) is 0 Å². The number of aromatic nitrogens is 2. The van der Waals surface area contributed by atoms with Gasteiger partial charge >= 0.3 is 5.97 Å². The molecule has 20 heavy (non-hydrogen) atoms. The predicted molar refractivity (Wildman–Crippen MR) is 76.0 cm³/mol. The van der Waals surface area contributed by atoms with Gasteiger partial charge in [-0.15, -0.1) is 0 Å². The lowest BCUT2D eigenvalue weighted by molar-refractivity contribution is 0.0585. The van der Waals surface area contributed by atoms with E-state index in [1.807, 2.05) is 22.8 Å². The molecule has 1 atom stereocenters. The van der Waals surface area contributed by atoms with Gasteiger partial charge in [-0.05, 0) is 18.2 Å². The molecule has 0 bridgehead atoms. The summed E-state index contributed by atoms with van der Waals surface area (Å²) in [6, 6.07) is 5.91. The lowest BCUT2D eigenvalue weighted by Crippen LogP contribution is -2.23. The molecule has 2 heterocycles. The average molecular weight is 337 g/mol. The minimum atomic E-state index is -0.384. The van der Waals surface area contributed by atoms with Crippen molar-refractivity contribution in [3.63, 3.8) is 0 Å². The largest absolute Gasteiger partial charge is 0.493 e. The molecule has 1 aliphatic heterocycles. The van der Waals surface area contributed by atoms with Crippen LogP contribution in [0.25, 0.3) is 0 Å². The fraction of sp³-hybridized carbons (Fsp3) is 0.286. The van der Waals surface area contributed by atoms with E-state index >= 15 is 0 Å². The topological polar surface area (TPSA) is 53.3 Å². The van der Waals surface area contributed by atoms with E-state index in [0.717, 1.165) is 22.2 Å². The molecule has 104 valence electrons. The van der Waals surface area contributed by atoms with Crippen LogP contribution >= 0.6 is 15.9 Å². The van der Waals surface area contributed by atoms with Crippen LogP contribution < -0.4 is 4.74 Å². The second kappa shape index (κ2) is 5.28. The Hall–Kier alpha value is -1.82. The molecule has 0 aliphatic carbocycles. The van der Waals surface area contributed by atoms with E-state index in [9.17, 15) is 4.79 Å². The van der Waals surface area contributed by atoms with Gasteiger partial charge in [0.1, 0.15) is 11.4 Å². The van der Waals surface area contributed by atoms with Crippen molar-refractivity contribution in [2.45, 2.75) is 12.5 Å². The van der Waals surface area contributed by atoms with Gasteiger partial charge in [0.2, 0.25) is 0 Å². The number of nitrogens with zero attached hydrogens (tertiary/aromatic N) is 2. The molecule has 6 heteroatoms. The Balaban J connectivity index is 2.07. The lowest BCUT2D eigenvalue weighted by atomic mass is 10.00. The number of rotatable bonds is 2. The zero-order chi connectivity index (χ0) is 14.1. The van der Waals surface area contributed by atoms with Crippen LogP contribution in [0.5, 0.6) is 5.75 Å². The summed E-state index contributed by atoms with van der Waals surface area (Å²) in [5, 5.41) is 0. The fourth-order valence-corrected chi connectivity index (χ4v) is 2.83. The van der Waals surface area contributed by atoms with Gasteiger partial charge in [-0.3, -0.25) is 0 Å². The summed E-state index contributed by atoms with van der Waals surface area (Å²) in [4.78, 5) is 15.9. The number of carbonyl (C=O) groups is 1. The van der Waals surface area contributed by atoms with Crippen LogP contribution in [0, 0.1) is 0 Å². The van der Waals surface area contributed by atoms with E-state index in [-0.39, 0.29) is 12.0 Å². The molecule has 1 aliphatic rings. The first-order valence-electron chi connectivity index (χ1n) is 6.23. The third-order valence-corrected chi connectivity index (χ3v) is 3.87. The molecule has 5 nitrogen and oxygen atoms in total. The maximum Gasteiger partial charge on any atom is 0.356 e. The van der Waals surface area contributed by atoms with Gasteiger partial charge in [-0.1, -0.05) is 15.9 Å². The van der Waals surface area contributed by atoms with E-state index in [1.165, 1.54) is 13.3 Å². The van der Waals surface area contributed by atoms with Crippen LogP contribution in [-0.4, -0.2) is 29.2 Å². The summed E-state index contributed by atoms with van der Waals surface area (Å²) in [7, 11) is 1.37. The number of ether oxygens (including phenoxy) is 2. The molecule has 1 unspecified atom stereocenters. The number of halogens is 1. The third-order valence-electron chi connectivity index (χ3n) is 3.38. The van der Waals surface area contributed by atoms with Crippen LogP contribution in [-0.2, 0) is 4.74 Å². The van der Waals surface area contributed by atoms with Gasteiger partial charge in [-0.25, -0.2) is 9.78 Å². The van der Waals surface area contributed by atoms with E-state index < -0.39 is 0 Å². The van der Waals surface area contributed by atoms with Gasteiger partial charge < -0.3 is 14.0 Å². The molecule has 0 saturated carbocycles. The molecule has 1 aromatic heterocycles. The van der Waals surface area contributed by atoms with Gasteiger partial charge in [0.15, 0.2) is 0 Å². The summed E-state index contributed by atoms with van der Waals surface area (Å²) in [5.74, 6) is 0.458. The number of imidazole rings is 1. The SMILES string of the molecule is COC(=O)c1cncn1C1CCOc2ccc(Br)cc21. The quantitative estimate of drug-likeness (QED) is 0.791. The molecule has 0 N–H and O–H groups in total. The van der Waals surface area contributed by atoms with E-state index in [0.29, 0.717) is 12.3 Å². The standard InChI is InChI=1S/C14H13BrN2O3/c1-19-14(18)12-7-16-8-17(12)11-4-5-20-13-3-2-9(15)6-10(11)13/h2-3,6-8,11H,4-5H2,1H3. The maximum atomic E-state index is 11.8. The minimum Gasteiger partial charge on any atom is -0.493 e. The highest BCUT2D eigenvalue weighted by molar-refractivity contribution is 9.10. The lowest BCUT2D eigenvalue weighted by Gasteiger charge is -2.28. The maximum absolute atomic E-state index is 11.8. The molecule has 2 aromatic rings. The number of benzene rings is 1. The third kappa shape index (κ3) is 2.20. The fourth-order valence-electron chi connectivity index (χ4n) is 2.45. The summed E-state index contributed by atoms with van der Waals surface area (Å²) in [5.41, 5.74) is 1.49. The van der Waals surface area contributed by atoms with Crippen molar-refractivity contribution in [3.05, 3.63) is 46.5 Å². The highest BCUT2D eigenvalue weighted by atomic mass is 79.9. The predicted octanol–water partition coefficient (Wildman–Crippen LogP) is 2.80. The first-order chi connectivity index (χ1) is 9.70. The van der Waals surface area contributed by atoms with Gasteiger partial charge in [-0.2, -0.15) is 0 Å². The van der Waals surface area contributed by atoms with Crippen LogP contribution in [0.15, 0.2) is 35.2 Å². The monoisotopic (exact) mass is 336 g/mol. The van der Waals surface area contributed by atoms with Gasteiger partial charge in [0.05, 0.1) is 32.3 Å². The number of methoxy groups -OCH3 is 1. The van der Waals surface area contributed by atoms with Crippen molar-refractivity contribution in [1.29, 1.82) is 0 Å². The van der Waals surface area contributed by atoms with Crippen LogP contribution in [0.2, 0.25) is 0 Å². The number of hydrogen-bond donors (Lipinski definition) is 0. The van der Waals surface area contributed by atoms with Crippen molar-refractivity contribution in [1.82, 2.24) is 9.55 Å². The number of esters is 1. The van der Waals surface area contributed by atoms with Crippen molar-refractivity contribution >= 4 is 21.9 Å². The molecular weight excluding hydrogens is 324 g/mol. The van der Waals surface area contributed by atoms with Crippen molar-refractivity contribution in [2.24, 2.45) is 0 Å². The van der Waals surface area contributed by atoms with Gasteiger partial charge in [0.25, 0.3) is 0 Å². The second-order valence-electron chi connectivity index (χ2n) is 4.51. The Labute approximate surface area is 124 Å². The Bertz CT molecular complexity index is 654. The normalized spacial score (nSPS) is 17.2. The molecule has 0 spiro atoms. The first kappa shape index (κ1) is 13.2. The zero-order valence-corrected chi connectivity index (χ0v) is 12.5. The number of carbonyl (C=O) groups excluding carboxylic acids is 1. The summed E-state index contributed by atoms with van der Waals surface area (Å²) in [6.07, 6.45) is 3.97. The Kier molecular flexibility index (Phi) is 3.48. The molecule has 0 amide bonds.